The van der Waals surface area contributed by atoms with E-state index in [-0.39, 0.29) is 11.8 Å². The molecule has 1 atom stereocenters. The summed E-state index contributed by atoms with van der Waals surface area (Å²) in [6.45, 7) is 6.45. The van der Waals surface area contributed by atoms with Crippen LogP contribution in [-0.4, -0.2) is 35.9 Å². The van der Waals surface area contributed by atoms with E-state index >= 15 is 0 Å². The Labute approximate surface area is 148 Å². The molecule has 132 valence electrons. The van der Waals surface area contributed by atoms with Crippen molar-refractivity contribution in [1.29, 1.82) is 0 Å². The van der Waals surface area contributed by atoms with Gasteiger partial charge >= 0.3 is 0 Å². The van der Waals surface area contributed by atoms with E-state index in [4.69, 9.17) is 0 Å². The SMILES string of the molecule is C=C(C)C(=O)NCCCNC(=O)CCCCCCC1CCSS1. The van der Waals surface area contributed by atoms with Gasteiger partial charge in [0.25, 0.3) is 0 Å². The van der Waals surface area contributed by atoms with Gasteiger partial charge < -0.3 is 10.6 Å². The Morgan fingerprint density at radius 1 is 1.09 bits per heavy atom. The maximum absolute atomic E-state index is 11.7. The van der Waals surface area contributed by atoms with Crippen LogP contribution in [0.15, 0.2) is 12.2 Å². The summed E-state index contributed by atoms with van der Waals surface area (Å²) in [6, 6.07) is 0. The Morgan fingerprint density at radius 2 is 1.83 bits per heavy atom. The number of unbranched alkanes of at least 4 members (excludes halogenated alkanes) is 3. The first kappa shape index (κ1) is 20.4. The molecule has 0 aromatic heterocycles. The normalized spacial score (nSPS) is 17.0. The second-order valence-corrected chi connectivity index (χ2v) is 8.81. The zero-order valence-electron chi connectivity index (χ0n) is 14.2. The molecule has 2 N–H and O–H groups in total. The smallest absolute Gasteiger partial charge is 0.246 e. The maximum Gasteiger partial charge on any atom is 0.246 e. The second kappa shape index (κ2) is 12.8. The third-order valence-corrected chi connectivity index (χ3v) is 6.76. The molecule has 0 aliphatic carbocycles. The lowest BCUT2D eigenvalue weighted by atomic mass is 10.1. The van der Waals surface area contributed by atoms with Crippen LogP contribution >= 0.6 is 21.6 Å². The zero-order chi connectivity index (χ0) is 16.9. The van der Waals surface area contributed by atoms with Crippen molar-refractivity contribution in [2.24, 2.45) is 0 Å². The van der Waals surface area contributed by atoms with E-state index < -0.39 is 0 Å². The summed E-state index contributed by atoms with van der Waals surface area (Å²) in [4.78, 5) is 22.9. The number of carbonyl (C=O) groups excluding carboxylic acids is 2. The molecule has 4 nitrogen and oxygen atoms in total. The van der Waals surface area contributed by atoms with Gasteiger partial charge in [-0.1, -0.05) is 47.4 Å². The molecule has 0 aromatic carbocycles. The van der Waals surface area contributed by atoms with Crippen molar-refractivity contribution in [3.8, 4) is 0 Å². The van der Waals surface area contributed by atoms with E-state index in [1.807, 2.05) is 21.6 Å². The monoisotopic (exact) mass is 358 g/mol. The standard InChI is InChI=1S/C17H30N2O2S2/c1-14(2)17(21)19-12-7-11-18-16(20)9-6-4-3-5-8-15-10-13-22-23-15/h15H,1,3-13H2,2H3,(H,18,20)(H,19,21). The Morgan fingerprint density at radius 3 is 2.52 bits per heavy atom. The van der Waals surface area contributed by atoms with Gasteiger partial charge in [-0.3, -0.25) is 9.59 Å². The largest absolute Gasteiger partial charge is 0.356 e. The second-order valence-electron chi connectivity index (χ2n) is 6.02. The molecule has 1 unspecified atom stereocenters. The molecule has 6 heteroatoms. The van der Waals surface area contributed by atoms with Gasteiger partial charge in [-0.05, 0) is 32.6 Å². The zero-order valence-corrected chi connectivity index (χ0v) is 15.8. The van der Waals surface area contributed by atoms with Gasteiger partial charge in [-0.2, -0.15) is 0 Å². The van der Waals surface area contributed by atoms with Gasteiger partial charge in [-0.25, -0.2) is 0 Å². The molecule has 1 saturated heterocycles. The lowest BCUT2D eigenvalue weighted by molar-refractivity contribution is -0.121. The van der Waals surface area contributed by atoms with Crippen molar-refractivity contribution in [2.75, 3.05) is 18.8 Å². The Hall–Kier alpha value is -0.620. The molecular weight excluding hydrogens is 328 g/mol. The highest BCUT2D eigenvalue weighted by Crippen LogP contribution is 2.39. The maximum atomic E-state index is 11.7. The summed E-state index contributed by atoms with van der Waals surface area (Å²) in [5.41, 5.74) is 0.513. The van der Waals surface area contributed by atoms with E-state index in [0.29, 0.717) is 25.1 Å². The van der Waals surface area contributed by atoms with Gasteiger partial charge in [0.05, 0.1) is 0 Å². The van der Waals surface area contributed by atoms with Gasteiger partial charge in [0.15, 0.2) is 0 Å². The van der Waals surface area contributed by atoms with E-state index in [1.165, 1.54) is 31.4 Å². The third kappa shape index (κ3) is 10.7. The molecule has 1 aliphatic heterocycles. The Bertz CT molecular complexity index is 383. The van der Waals surface area contributed by atoms with Crippen LogP contribution in [0.4, 0.5) is 0 Å². The van der Waals surface area contributed by atoms with Gasteiger partial charge in [0, 0.05) is 36.1 Å². The van der Waals surface area contributed by atoms with Crippen LogP contribution < -0.4 is 10.6 Å². The number of carbonyl (C=O) groups is 2. The van der Waals surface area contributed by atoms with Crippen LogP contribution in [0, 0.1) is 0 Å². The molecule has 1 aliphatic rings. The average Bonchev–Trinajstić information content (AvgIpc) is 3.03. The molecule has 0 radical (unpaired) electrons. The molecule has 1 rings (SSSR count). The predicted octanol–water partition coefficient (Wildman–Crippen LogP) is 3.68. The minimum absolute atomic E-state index is 0.120. The third-order valence-electron chi connectivity index (χ3n) is 3.76. The van der Waals surface area contributed by atoms with E-state index in [2.05, 4.69) is 17.2 Å². The van der Waals surface area contributed by atoms with E-state index in [1.54, 1.807) is 6.92 Å². The number of amides is 2. The topological polar surface area (TPSA) is 58.2 Å². The molecule has 23 heavy (non-hydrogen) atoms. The minimum atomic E-state index is -0.120. The molecular formula is C17H30N2O2S2. The lowest BCUT2D eigenvalue weighted by Gasteiger charge is -2.08. The fourth-order valence-corrected chi connectivity index (χ4v) is 5.36. The average molecular weight is 359 g/mol. The first-order chi connectivity index (χ1) is 11.1. The van der Waals surface area contributed by atoms with Crippen LogP contribution in [0.1, 0.15) is 58.3 Å². The minimum Gasteiger partial charge on any atom is -0.356 e. The summed E-state index contributed by atoms with van der Waals surface area (Å²) < 4.78 is 0. The predicted molar refractivity (Wildman–Crippen MR) is 102 cm³/mol. The first-order valence-electron chi connectivity index (χ1n) is 8.58. The van der Waals surface area contributed by atoms with Crippen molar-refractivity contribution in [3.05, 3.63) is 12.2 Å². The molecule has 0 saturated carbocycles. The van der Waals surface area contributed by atoms with Crippen molar-refractivity contribution < 1.29 is 9.59 Å². The quantitative estimate of drug-likeness (QED) is 0.317. The fourth-order valence-electron chi connectivity index (χ4n) is 2.33. The molecule has 0 spiro atoms. The van der Waals surface area contributed by atoms with Crippen molar-refractivity contribution in [2.45, 2.75) is 63.5 Å². The van der Waals surface area contributed by atoms with Crippen LogP contribution in [0.5, 0.6) is 0 Å². The highest BCUT2D eigenvalue weighted by molar-refractivity contribution is 8.77. The lowest BCUT2D eigenvalue weighted by Crippen LogP contribution is -2.29. The van der Waals surface area contributed by atoms with E-state index in [9.17, 15) is 9.59 Å². The van der Waals surface area contributed by atoms with Crippen molar-refractivity contribution in [1.82, 2.24) is 10.6 Å². The molecule has 1 fully saturated rings. The summed E-state index contributed by atoms with van der Waals surface area (Å²) in [7, 11) is 4.05. The van der Waals surface area contributed by atoms with Crippen molar-refractivity contribution >= 4 is 33.4 Å². The molecule has 0 aromatic rings. The first-order valence-corrected chi connectivity index (χ1v) is 11.0. The van der Waals surface area contributed by atoms with Gasteiger partial charge in [0.2, 0.25) is 11.8 Å². The van der Waals surface area contributed by atoms with E-state index in [0.717, 1.165) is 24.5 Å². The number of hydrogen-bond donors (Lipinski definition) is 2. The molecule has 1 heterocycles. The molecule has 0 bridgehead atoms. The molecule has 2 amide bonds. The highest BCUT2D eigenvalue weighted by atomic mass is 33.1. The number of hydrogen-bond acceptors (Lipinski definition) is 4. The van der Waals surface area contributed by atoms with Crippen LogP contribution in [0.3, 0.4) is 0 Å². The summed E-state index contributed by atoms with van der Waals surface area (Å²) in [6.07, 6.45) is 8.72. The summed E-state index contributed by atoms with van der Waals surface area (Å²) in [5.74, 6) is 1.32. The number of nitrogens with one attached hydrogen (secondary N) is 2. The van der Waals surface area contributed by atoms with Gasteiger partial charge in [-0.15, -0.1) is 0 Å². The fraction of sp³-hybridized carbons (Fsp3) is 0.765. The van der Waals surface area contributed by atoms with Crippen molar-refractivity contribution in [3.63, 3.8) is 0 Å². The van der Waals surface area contributed by atoms with Gasteiger partial charge in [0.1, 0.15) is 0 Å². The highest BCUT2D eigenvalue weighted by Gasteiger charge is 2.15. The van der Waals surface area contributed by atoms with Crippen LogP contribution in [-0.2, 0) is 9.59 Å². The van der Waals surface area contributed by atoms with Crippen LogP contribution in [0.25, 0.3) is 0 Å². The summed E-state index contributed by atoms with van der Waals surface area (Å²) >= 11 is 0. The Kier molecular flexibility index (Phi) is 11.3. The Balaban J connectivity index is 1.84. The summed E-state index contributed by atoms with van der Waals surface area (Å²) in [5, 5.41) is 6.52. The van der Waals surface area contributed by atoms with Crippen LogP contribution in [0.2, 0.25) is 0 Å². The number of rotatable bonds is 12.